The summed E-state index contributed by atoms with van der Waals surface area (Å²) in [6.45, 7) is 6.18. The molecule has 0 bridgehead atoms. The van der Waals surface area contributed by atoms with Gasteiger partial charge in [-0.25, -0.2) is 0 Å². The Kier molecular flexibility index (Phi) is 4.99. The quantitative estimate of drug-likeness (QED) is 0.737. The normalized spacial score (nSPS) is 31.0. The number of hydrogen-bond donors (Lipinski definition) is 0. The van der Waals surface area contributed by atoms with Crippen molar-refractivity contribution in [2.24, 2.45) is 5.92 Å². The first-order valence-electron chi connectivity index (χ1n) is 7.16. The van der Waals surface area contributed by atoms with Gasteiger partial charge in [0.25, 0.3) is 0 Å². The molecular formula is C14H25NO2. The third-order valence-corrected chi connectivity index (χ3v) is 3.93. The Morgan fingerprint density at radius 1 is 1.35 bits per heavy atom. The molecular weight excluding hydrogens is 214 g/mol. The van der Waals surface area contributed by atoms with Crippen LogP contribution in [0.15, 0.2) is 0 Å². The summed E-state index contributed by atoms with van der Waals surface area (Å²) >= 11 is 0. The topological polar surface area (TPSA) is 29.5 Å². The molecule has 2 aliphatic rings. The predicted molar refractivity (Wildman–Crippen MR) is 68.1 cm³/mol. The molecule has 3 nitrogen and oxygen atoms in total. The fourth-order valence-corrected chi connectivity index (χ4v) is 2.99. The molecule has 0 spiro atoms. The van der Waals surface area contributed by atoms with Crippen molar-refractivity contribution < 1.29 is 9.53 Å². The highest BCUT2D eigenvalue weighted by atomic mass is 16.5. The van der Waals surface area contributed by atoms with Crippen LogP contribution in [0.4, 0.5) is 0 Å². The molecule has 1 saturated carbocycles. The number of hydrogen-bond acceptors (Lipinski definition) is 3. The van der Waals surface area contributed by atoms with Gasteiger partial charge in [-0.2, -0.15) is 0 Å². The summed E-state index contributed by atoms with van der Waals surface area (Å²) in [7, 11) is 0. The Morgan fingerprint density at radius 2 is 2.24 bits per heavy atom. The molecule has 0 aromatic heterocycles. The fraction of sp³-hybridized carbons (Fsp3) is 0.929. The van der Waals surface area contributed by atoms with Gasteiger partial charge in [0, 0.05) is 32.0 Å². The van der Waals surface area contributed by atoms with E-state index in [0.29, 0.717) is 17.8 Å². The first-order chi connectivity index (χ1) is 8.29. The highest BCUT2D eigenvalue weighted by molar-refractivity contribution is 5.83. The summed E-state index contributed by atoms with van der Waals surface area (Å²) < 4.78 is 5.83. The zero-order valence-corrected chi connectivity index (χ0v) is 11.0. The Hall–Kier alpha value is -0.410. The minimum absolute atomic E-state index is 0.319. The van der Waals surface area contributed by atoms with Crippen LogP contribution in [0.3, 0.4) is 0 Å². The molecule has 0 N–H and O–H groups in total. The SMILES string of the molecule is CCCOC1CCCN(CC2CCCC2=O)C1. The molecule has 1 aliphatic carbocycles. The number of rotatable bonds is 5. The molecule has 1 heterocycles. The minimum atomic E-state index is 0.319. The van der Waals surface area contributed by atoms with Crippen LogP contribution in [-0.2, 0) is 9.53 Å². The maximum absolute atomic E-state index is 11.6. The van der Waals surface area contributed by atoms with E-state index >= 15 is 0 Å². The third-order valence-electron chi connectivity index (χ3n) is 3.93. The van der Waals surface area contributed by atoms with Crippen LogP contribution < -0.4 is 0 Å². The van der Waals surface area contributed by atoms with Gasteiger partial charge in [0.2, 0.25) is 0 Å². The molecule has 98 valence electrons. The van der Waals surface area contributed by atoms with Crippen LogP contribution in [0.25, 0.3) is 0 Å². The number of piperidine rings is 1. The number of ether oxygens (including phenoxy) is 1. The van der Waals surface area contributed by atoms with Crippen LogP contribution in [0.2, 0.25) is 0 Å². The second kappa shape index (κ2) is 6.50. The van der Waals surface area contributed by atoms with Crippen LogP contribution in [0.1, 0.15) is 45.4 Å². The van der Waals surface area contributed by atoms with Gasteiger partial charge in [-0.3, -0.25) is 4.79 Å². The van der Waals surface area contributed by atoms with E-state index in [0.717, 1.165) is 51.9 Å². The smallest absolute Gasteiger partial charge is 0.137 e. The van der Waals surface area contributed by atoms with Gasteiger partial charge in [0.05, 0.1) is 6.10 Å². The number of carbonyl (C=O) groups excluding carboxylic acids is 1. The second-order valence-corrected chi connectivity index (χ2v) is 5.45. The van der Waals surface area contributed by atoms with E-state index in [9.17, 15) is 4.79 Å². The van der Waals surface area contributed by atoms with E-state index in [1.165, 1.54) is 12.8 Å². The van der Waals surface area contributed by atoms with Gasteiger partial charge in [-0.05, 0) is 38.6 Å². The zero-order valence-electron chi connectivity index (χ0n) is 11.0. The van der Waals surface area contributed by atoms with Crippen LogP contribution in [0.5, 0.6) is 0 Å². The van der Waals surface area contributed by atoms with Gasteiger partial charge in [-0.1, -0.05) is 6.92 Å². The molecule has 0 aromatic carbocycles. The number of likely N-dealkylation sites (tertiary alicyclic amines) is 1. The summed E-state index contributed by atoms with van der Waals surface area (Å²) in [5.41, 5.74) is 0. The fourth-order valence-electron chi connectivity index (χ4n) is 2.99. The van der Waals surface area contributed by atoms with Gasteiger partial charge >= 0.3 is 0 Å². The summed E-state index contributed by atoms with van der Waals surface area (Å²) in [6.07, 6.45) is 6.93. The maximum Gasteiger partial charge on any atom is 0.137 e. The van der Waals surface area contributed by atoms with E-state index < -0.39 is 0 Å². The number of nitrogens with zero attached hydrogens (tertiary/aromatic N) is 1. The largest absolute Gasteiger partial charge is 0.377 e. The number of Topliss-reactive ketones (excluding diaryl/α,β-unsaturated/α-hetero) is 1. The Balaban J connectivity index is 1.74. The summed E-state index contributed by atoms with van der Waals surface area (Å²) in [5.74, 6) is 0.807. The third kappa shape index (κ3) is 3.78. The van der Waals surface area contributed by atoms with Crippen molar-refractivity contribution in [1.82, 2.24) is 4.90 Å². The first-order valence-corrected chi connectivity index (χ1v) is 7.16. The molecule has 0 aromatic rings. The molecule has 3 heteroatoms. The van der Waals surface area contributed by atoms with Crippen molar-refractivity contribution in [3.63, 3.8) is 0 Å². The van der Waals surface area contributed by atoms with E-state index in [2.05, 4.69) is 11.8 Å². The Labute approximate surface area is 105 Å². The van der Waals surface area contributed by atoms with E-state index in [1.807, 2.05) is 0 Å². The maximum atomic E-state index is 11.6. The van der Waals surface area contributed by atoms with Crippen molar-refractivity contribution in [2.75, 3.05) is 26.2 Å². The van der Waals surface area contributed by atoms with Crippen LogP contribution in [0, 0.1) is 5.92 Å². The van der Waals surface area contributed by atoms with Gasteiger partial charge in [-0.15, -0.1) is 0 Å². The number of carbonyl (C=O) groups is 1. The van der Waals surface area contributed by atoms with Crippen molar-refractivity contribution in [2.45, 2.75) is 51.6 Å². The molecule has 2 unspecified atom stereocenters. The molecule has 2 rings (SSSR count). The van der Waals surface area contributed by atoms with Crippen molar-refractivity contribution in [1.29, 1.82) is 0 Å². The van der Waals surface area contributed by atoms with Crippen molar-refractivity contribution >= 4 is 5.78 Å². The molecule has 1 saturated heterocycles. The molecule has 2 atom stereocenters. The lowest BCUT2D eigenvalue weighted by molar-refractivity contribution is -0.121. The van der Waals surface area contributed by atoms with Crippen molar-refractivity contribution in [3.8, 4) is 0 Å². The van der Waals surface area contributed by atoms with E-state index in [4.69, 9.17) is 4.74 Å². The predicted octanol–water partition coefficient (Wildman–Crippen LogP) is 2.25. The summed E-state index contributed by atoms with van der Waals surface area (Å²) in [5, 5.41) is 0. The summed E-state index contributed by atoms with van der Waals surface area (Å²) in [4.78, 5) is 14.1. The van der Waals surface area contributed by atoms with Gasteiger partial charge in [0.15, 0.2) is 0 Å². The average molecular weight is 239 g/mol. The highest BCUT2D eigenvalue weighted by Crippen LogP contribution is 2.24. The molecule has 17 heavy (non-hydrogen) atoms. The van der Waals surface area contributed by atoms with Gasteiger partial charge < -0.3 is 9.64 Å². The molecule has 1 aliphatic heterocycles. The van der Waals surface area contributed by atoms with E-state index in [1.54, 1.807) is 0 Å². The lowest BCUT2D eigenvalue weighted by atomic mass is 10.0. The monoisotopic (exact) mass is 239 g/mol. The highest BCUT2D eigenvalue weighted by Gasteiger charge is 2.28. The van der Waals surface area contributed by atoms with E-state index in [-0.39, 0.29) is 0 Å². The van der Waals surface area contributed by atoms with Crippen LogP contribution >= 0.6 is 0 Å². The standard InChI is InChI=1S/C14H25NO2/c1-2-9-17-13-6-4-8-15(11-13)10-12-5-3-7-14(12)16/h12-13H,2-11H2,1H3. The van der Waals surface area contributed by atoms with Crippen LogP contribution in [-0.4, -0.2) is 43.0 Å². The Bertz CT molecular complexity index is 255. The lowest BCUT2D eigenvalue weighted by Crippen LogP contribution is -2.42. The molecule has 0 radical (unpaired) electrons. The average Bonchev–Trinajstić information content (AvgIpc) is 2.73. The summed E-state index contributed by atoms with van der Waals surface area (Å²) in [6, 6.07) is 0. The first kappa shape index (κ1) is 13.0. The number of ketones is 1. The van der Waals surface area contributed by atoms with Crippen molar-refractivity contribution in [3.05, 3.63) is 0 Å². The van der Waals surface area contributed by atoms with Gasteiger partial charge in [0.1, 0.15) is 5.78 Å². The lowest BCUT2D eigenvalue weighted by Gasteiger charge is -2.33. The zero-order chi connectivity index (χ0) is 12.1. The second-order valence-electron chi connectivity index (χ2n) is 5.45. The minimum Gasteiger partial charge on any atom is -0.377 e. The molecule has 2 fully saturated rings. The Morgan fingerprint density at radius 3 is 2.94 bits per heavy atom. The molecule has 0 amide bonds.